The van der Waals surface area contributed by atoms with E-state index in [1.165, 1.54) is 6.07 Å². The molecule has 0 atom stereocenters. The van der Waals surface area contributed by atoms with Crippen LogP contribution in [0.3, 0.4) is 0 Å². The first-order valence-electron chi connectivity index (χ1n) is 5.09. The highest BCUT2D eigenvalue weighted by molar-refractivity contribution is 9.10. The van der Waals surface area contributed by atoms with E-state index in [1.54, 1.807) is 12.1 Å². The molecule has 0 heterocycles. The fraction of sp³-hybridized carbons (Fsp3) is 0.455. The maximum absolute atomic E-state index is 12.9. The van der Waals surface area contributed by atoms with Crippen molar-refractivity contribution in [3.63, 3.8) is 0 Å². The molecule has 0 aliphatic carbocycles. The van der Waals surface area contributed by atoms with Crippen LogP contribution in [0.1, 0.15) is 12.5 Å². The Kier molecular flexibility index (Phi) is 5.83. The third-order valence-corrected chi connectivity index (χ3v) is 2.65. The van der Waals surface area contributed by atoms with Gasteiger partial charge >= 0.3 is 0 Å². The van der Waals surface area contributed by atoms with E-state index in [4.69, 9.17) is 0 Å². The molecule has 2 N–H and O–H groups in total. The van der Waals surface area contributed by atoms with E-state index in [9.17, 15) is 4.39 Å². The van der Waals surface area contributed by atoms with Crippen LogP contribution in [0.25, 0.3) is 0 Å². The molecule has 0 saturated heterocycles. The molecule has 0 unspecified atom stereocenters. The van der Waals surface area contributed by atoms with Crippen LogP contribution >= 0.6 is 15.9 Å². The zero-order valence-corrected chi connectivity index (χ0v) is 10.4. The first-order chi connectivity index (χ1) is 7.24. The topological polar surface area (TPSA) is 24.1 Å². The van der Waals surface area contributed by atoms with Gasteiger partial charge in [-0.3, -0.25) is 0 Å². The smallest absolute Gasteiger partial charge is 0.137 e. The van der Waals surface area contributed by atoms with Crippen LogP contribution in [0.5, 0.6) is 0 Å². The molecule has 15 heavy (non-hydrogen) atoms. The minimum Gasteiger partial charge on any atom is -0.316 e. The lowest BCUT2D eigenvalue weighted by Gasteiger charge is -2.06. The minimum absolute atomic E-state index is 0.216. The summed E-state index contributed by atoms with van der Waals surface area (Å²) in [6.45, 7) is 5.72. The molecule has 1 aromatic rings. The Labute approximate surface area is 98.4 Å². The van der Waals surface area contributed by atoms with E-state index in [-0.39, 0.29) is 5.82 Å². The van der Waals surface area contributed by atoms with Crippen LogP contribution in [0.2, 0.25) is 0 Å². The lowest BCUT2D eigenvalue weighted by Crippen LogP contribution is -2.26. The van der Waals surface area contributed by atoms with Gasteiger partial charge in [-0.1, -0.05) is 13.0 Å². The molecule has 0 radical (unpaired) electrons. The van der Waals surface area contributed by atoms with Crippen molar-refractivity contribution in [3.05, 3.63) is 34.1 Å². The predicted molar refractivity (Wildman–Crippen MR) is 64.4 cm³/mol. The zero-order chi connectivity index (χ0) is 11.1. The Balaban J connectivity index is 2.28. The van der Waals surface area contributed by atoms with Crippen molar-refractivity contribution < 1.29 is 4.39 Å². The standard InChI is InChI=1S/C11H16BrFN2/c1-2-14-5-6-15-8-9-3-4-11(13)10(12)7-9/h3-4,7,14-15H,2,5-6,8H2,1H3. The van der Waals surface area contributed by atoms with Gasteiger partial charge in [0.2, 0.25) is 0 Å². The highest BCUT2D eigenvalue weighted by Crippen LogP contribution is 2.16. The molecule has 84 valence electrons. The average molecular weight is 275 g/mol. The van der Waals surface area contributed by atoms with Gasteiger partial charge < -0.3 is 10.6 Å². The van der Waals surface area contributed by atoms with Crippen LogP contribution in [-0.2, 0) is 6.54 Å². The van der Waals surface area contributed by atoms with E-state index in [0.717, 1.165) is 31.7 Å². The maximum Gasteiger partial charge on any atom is 0.137 e. The van der Waals surface area contributed by atoms with Crippen molar-refractivity contribution in [1.82, 2.24) is 10.6 Å². The molecule has 0 aliphatic heterocycles. The molecule has 1 rings (SSSR count). The lowest BCUT2D eigenvalue weighted by molar-refractivity contribution is 0.612. The lowest BCUT2D eigenvalue weighted by atomic mass is 10.2. The summed E-state index contributed by atoms with van der Waals surface area (Å²) in [4.78, 5) is 0. The average Bonchev–Trinajstić information content (AvgIpc) is 2.23. The summed E-state index contributed by atoms with van der Waals surface area (Å²) in [7, 11) is 0. The fourth-order valence-corrected chi connectivity index (χ4v) is 1.66. The molecule has 0 saturated carbocycles. The van der Waals surface area contributed by atoms with Crippen LogP contribution in [-0.4, -0.2) is 19.6 Å². The number of halogens is 2. The Bertz CT molecular complexity index is 305. The first-order valence-corrected chi connectivity index (χ1v) is 5.88. The van der Waals surface area contributed by atoms with Gasteiger partial charge in [0.25, 0.3) is 0 Å². The second kappa shape index (κ2) is 6.93. The van der Waals surface area contributed by atoms with Crippen LogP contribution in [0, 0.1) is 5.82 Å². The Hall–Kier alpha value is -0.450. The monoisotopic (exact) mass is 274 g/mol. The highest BCUT2D eigenvalue weighted by atomic mass is 79.9. The second-order valence-electron chi connectivity index (χ2n) is 3.28. The Morgan fingerprint density at radius 1 is 1.27 bits per heavy atom. The Morgan fingerprint density at radius 2 is 2.00 bits per heavy atom. The van der Waals surface area contributed by atoms with Gasteiger partial charge in [0.15, 0.2) is 0 Å². The van der Waals surface area contributed by atoms with Crippen molar-refractivity contribution in [3.8, 4) is 0 Å². The summed E-state index contributed by atoms with van der Waals surface area (Å²) in [6.07, 6.45) is 0. The maximum atomic E-state index is 12.9. The van der Waals surface area contributed by atoms with E-state index in [1.807, 2.05) is 0 Å². The number of nitrogens with one attached hydrogen (secondary N) is 2. The molecule has 0 aromatic heterocycles. The van der Waals surface area contributed by atoms with Gasteiger partial charge in [0.1, 0.15) is 5.82 Å². The van der Waals surface area contributed by atoms with Gasteiger partial charge in [-0.2, -0.15) is 0 Å². The van der Waals surface area contributed by atoms with Crippen LogP contribution in [0.4, 0.5) is 4.39 Å². The van der Waals surface area contributed by atoms with E-state index in [2.05, 4.69) is 33.5 Å². The molecular weight excluding hydrogens is 259 g/mol. The van der Waals surface area contributed by atoms with E-state index < -0.39 is 0 Å². The number of benzene rings is 1. The largest absolute Gasteiger partial charge is 0.316 e. The Morgan fingerprint density at radius 3 is 2.67 bits per heavy atom. The molecule has 0 amide bonds. The molecule has 4 heteroatoms. The van der Waals surface area contributed by atoms with E-state index >= 15 is 0 Å². The molecule has 0 bridgehead atoms. The van der Waals surface area contributed by atoms with Gasteiger partial charge in [0, 0.05) is 19.6 Å². The van der Waals surface area contributed by atoms with Crippen molar-refractivity contribution in [2.75, 3.05) is 19.6 Å². The summed E-state index contributed by atoms with van der Waals surface area (Å²) in [5.74, 6) is -0.216. The molecule has 0 spiro atoms. The molecule has 0 fully saturated rings. The number of likely N-dealkylation sites (N-methyl/N-ethyl adjacent to an activating group) is 1. The van der Waals surface area contributed by atoms with Gasteiger partial charge in [-0.15, -0.1) is 0 Å². The quantitative estimate of drug-likeness (QED) is 0.778. The molecular formula is C11H16BrFN2. The number of hydrogen-bond acceptors (Lipinski definition) is 2. The molecule has 0 aliphatic rings. The van der Waals surface area contributed by atoms with Crippen molar-refractivity contribution in [2.45, 2.75) is 13.5 Å². The summed E-state index contributed by atoms with van der Waals surface area (Å²) >= 11 is 3.16. The van der Waals surface area contributed by atoms with E-state index in [0.29, 0.717) is 4.47 Å². The predicted octanol–water partition coefficient (Wildman–Crippen LogP) is 2.29. The fourth-order valence-electron chi connectivity index (χ4n) is 1.24. The SMILES string of the molecule is CCNCCNCc1ccc(F)c(Br)c1. The third kappa shape index (κ3) is 4.73. The minimum atomic E-state index is -0.216. The molecule has 2 nitrogen and oxygen atoms in total. The summed E-state index contributed by atoms with van der Waals surface area (Å²) < 4.78 is 13.4. The first kappa shape index (κ1) is 12.6. The third-order valence-electron chi connectivity index (χ3n) is 2.04. The molecule has 1 aromatic carbocycles. The number of rotatable bonds is 6. The van der Waals surface area contributed by atoms with Gasteiger partial charge in [0.05, 0.1) is 4.47 Å². The summed E-state index contributed by atoms with van der Waals surface area (Å²) in [5, 5.41) is 6.50. The zero-order valence-electron chi connectivity index (χ0n) is 8.82. The van der Waals surface area contributed by atoms with Gasteiger partial charge in [-0.25, -0.2) is 4.39 Å². The second-order valence-corrected chi connectivity index (χ2v) is 4.13. The highest BCUT2D eigenvalue weighted by Gasteiger charge is 1.99. The normalized spacial score (nSPS) is 10.6. The van der Waals surface area contributed by atoms with Crippen LogP contribution < -0.4 is 10.6 Å². The summed E-state index contributed by atoms with van der Waals surface area (Å²) in [5.41, 5.74) is 1.08. The van der Waals surface area contributed by atoms with Crippen molar-refractivity contribution in [1.29, 1.82) is 0 Å². The van der Waals surface area contributed by atoms with Crippen LogP contribution in [0.15, 0.2) is 22.7 Å². The van der Waals surface area contributed by atoms with Crippen molar-refractivity contribution in [2.24, 2.45) is 0 Å². The summed E-state index contributed by atoms with van der Waals surface area (Å²) in [6, 6.07) is 5.07. The number of hydrogen-bond donors (Lipinski definition) is 2. The van der Waals surface area contributed by atoms with Crippen molar-refractivity contribution >= 4 is 15.9 Å². The van der Waals surface area contributed by atoms with Gasteiger partial charge in [-0.05, 0) is 40.2 Å².